The van der Waals surface area contributed by atoms with E-state index >= 15 is 0 Å². The standard InChI is InChI=1S/C13H16ClNO3S/c14-12-3-1-11(2-4-12)13(16)5-6-15-7-9-19(17,18)10-8-15/h1-4H,5-10H2. The van der Waals surface area contributed by atoms with Gasteiger partial charge in [-0.25, -0.2) is 8.42 Å². The molecule has 2 rings (SSSR count). The fourth-order valence-electron chi connectivity index (χ4n) is 2.01. The minimum Gasteiger partial charge on any atom is -0.301 e. The van der Waals surface area contributed by atoms with Crippen molar-refractivity contribution < 1.29 is 13.2 Å². The molecule has 1 aromatic rings. The molecule has 0 unspecified atom stereocenters. The van der Waals surface area contributed by atoms with Crippen molar-refractivity contribution in [3.63, 3.8) is 0 Å². The first-order chi connectivity index (χ1) is 8.96. The Morgan fingerprint density at radius 3 is 2.32 bits per heavy atom. The third kappa shape index (κ3) is 4.30. The fraction of sp³-hybridized carbons (Fsp3) is 0.462. The van der Waals surface area contributed by atoms with E-state index in [1.165, 1.54) is 0 Å². The Bertz CT molecular complexity index is 540. The molecule has 0 spiro atoms. The highest BCUT2D eigenvalue weighted by atomic mass is 35.5. The highest BCUT2D eigenvalue weighted by Crippen LogP contribution is 2.12. The van der Waals surface area contributed by atoms with Crippen LogP contribution >= 0.6 is 11.6 Å². The molecule has 1 aliphatic rings. The molecule has 1 fully saturated rings. The zero-order valence-corrected chi connectivity index (χ0v) is 12.1. The summed E-state index contributed by atoms with van der Waals surface area (Å²) in [5.41, 5.74) is 0.647. The topological polar surface area (TPSA) is 54.5 Å². The number of Topliss-reactive ketones (excluding diaryl/α,β-unsaturated/α-hetero) is 1. The van der Waals surface area contributed by atoms with Crippen LogP contribution in [0.25, 0.3) is 0 Å². The van der Waals surface area contributed by atoms with Crippen LogP contribution < -0.4 is 0 Å². The first kappa shape index (κ1) is 14.5. The smallest absolute Gasteiger partial charge is 0.164 e. The van der Waals surface area contributed by atoms with Gasteiger partial charge in [-0.05, 0) is 24.3 Å². The molecule has 19 heavy (non-hydrogen) atoms. The molecule has 0 amide bonds. The monoisotopic (exact) mass is 301 g/mol. The van der Waals surface area contributed by atoms with Gasteiger partial charge in [0.1, 0.15) is 0 Å². The largest absolute Gasteiger partial charge is 0.301 e. The van der Waals surface area contributed by atoms with Gasteiger partial charge < -0.3 is 4.90 Å². The van der Waals surface area contributed by atoms with Gasteiger partial charge in [-0.15, -0.1) is 0 Å². The maximum Gasteiger partial charge on any atom is 0.164 e. The van der Waals surface area contributed by atoms with Gasteiger partial charge in [0.2, 0.25) is 0 Å². The van der Waals surface area contributed by atoms with Crippen molar-refractivity contribution in [3.8, 4) is 0 Å². The van der Waals surface area contributed by atoms with Crippen molar-refractivity contribution in [2.75, 3.05) is 31.1 Å². The lowest BCUT2D eigenvalue weighted by atomic mass is 10.1. The Labute approximate surface area is 118 Å². The van der Waals surface area contributed by atoms with Gasteiger partial charge in [-0.2, -0.15) is 0 Å². The number of ketones is 1. The van der Waals surface area contributed by atoms with Crippen molar-refractivity contribution in [1.82, 2.24) is 4.90 Å². The second-order valence-electron chi connectivity index (χ2n) is 4.67. The molecule has 1 aliphatic heterocycles. The maximum absolute atomic E-state index is 11.9. The van der Waals surface area contributed by atoms with E-state index in [4.69, 9.17) is 11.6 Å². The molecule has 4 nitrogen and oxygen atoms in total. The summed E-state index contributed by atoms with van der Waals surface area (Å²) in [5, 5.41) is 0.609. The van der Waals surface area contributed by atoms with Crippen LogP contribution in [0.5, 0.6) is 0 Å². The van der Waals surface area contributed by atoms with Crippen molar-refractivity contribution in [2.45, 2.75) is 6.42 Å². The van der Waals surface area contributed by atoms with Crippen LogP contribution in [0.2, 0.25) is 5.02 Å². The molecule has 1 aromatic carbocycles. The second kappa shape index (κ2) is 6.03. The Kier molecular flexibility index (Phi) is 4.60. The number of halogens is 1. The number of rotatable bonds is 4. The van der Waals surface area contributed by atoms with Gasteiger partial charge in [0.25, 0.3) is 0 Å². The van der Waals surface area contributed by atoms with E-state index in [9.17, 15) is 13.2 Å². The molecular weight excluding hydrogens is 286 g/mol. The molecule has 104 valence electrons. The third-order valence-corrected chi connectivity index (χ3v) is 5.12. The molecule has 0 saturated carbocycles. The van der Waals surface area contributed by atoms with Crippen molar-refractivity contribution in [3.05, 3.63) is 34.9 Å². The lowest BCUT2D eigenvalue weighted by Crippen LogP contribution is -2.41. The zero-order chi connectivity index (χ0) is 13.9. The Morgan fingerprint density at radius 1 is 1.16 bits per heavy atom. The quantitative estimate of drug-likeness (QED) is 0.794. The van der Waals surface area contributed by atoms with Crippen LogP contribution in [-0.4, -0.2) is 50.2 Å². The van der Waals surface area contributed by atoms with E-state index in [-0.39, 0.29) is 17.3 Å². The van der Waals surface area contributed by atoms with Gasteiger partial charge in [-0.3, -0.25) is 4.79 Å². The van der Waals surface area contributed by atoms with Crippen molar-refractivity contribution in [1.29, 1.82) is 0 Å². The minimum atomic E-state index is -2.85. The van der Waals surface area contributed by atoms with E-state index in [1.807, 2.05) is 4.90 Å². The second-order valence-corrected chi connectivity index (χ2v) is 7.41. The lowest BCUT2D eigenvalue weighted by Gasteiger charge is -2.26. The number of hydrogen-bond donors (Lipinski definition) is 0. The first-order valence-corrected chi connectivity index (χ1v) is 8.38. The predicted octanol–water partition coefficient (Wildman–Crippen LogP) is 1.64. The Hall–Kier alpha value is -0.910. The molecule has 0 radical (unpaired) electrons. The van der Waals surface area contributed by atoms with Crippen LogP contribution in [0.3, 0.4) is 0 Å². The first-order valence-electron chi connectivity index (χ1n) is 6.18. The van der Waals surface area contributed by atoms with Crippen molar-refractivity contribution >= 4 is 27.2 Å². The van der Waals surface area contributed by atoms with Crippen LogP contribution in [0.1, 0.15) is 16.8 Å². The summed E-state index contributed by atoms with van der Waals surface area (Å²) in [6.45, 7) is 1.66. The van der Waals surface area contributed by atoms with Gasteiger partial charge >= 0.3 is 0 Å². The van der Waals surface area contributed by atoms with E-state index in [1.54, 1.807) is 24.3 Å². The SMILES string of the molecule is O=C(CCN1CCS(=O)(=O)CC1)c1ccc(Cl)cc1. The minimum absolute atomic E-state index is 0.0603. The third-order valence-electron chi connectivity index (χ3n) is 3.26. The van der Waals surface area contributed by atoms with Crippen molar-refractivity contribution in [2.24, 2.45) is 0 Å². The van der Waals surface area contributed by atoms with E-state index in [2.05, 4.69) is 0 Å². The average molecular weight is 302 g/mol. The summed E-state index contributed by atoms with van der Waals surface area (Å²) in [5.74, 6) is 0.453. The molecule has 0 atom stereocenters. The molecule has 1 heterocycles. The summed E-state index contributed by atoms with van der Waals surface area (Å²) < 4.78 is 22.6. The molecule has 0 aliphatic carbocycles. The number of sulfone groups is 1. The summed E-state index contributed by atoms with van der Waals surface area (Å²) >= 11 is 5.77. The number of hydrogen-bond acceptors (Lipinski definition) is 4. The molecular formula is C13H16ClNO3S. The number of carbonyl (C=O) groups excluding carboxylic acids is 1. The van der Waals surface area contributed by atoms with E-state index in [0.717, 1.165) is 0 Å². The van der Waals surface area contributed by atoms with Crippen LogP contribution in [0.4, 0.5) is 0 Å². The van der Waals surface area contributed by atoms with Gasteiger partial charge in [0, 0.05) is 36.6 Å². The molecule has 6 heteroatoms. The number of benzene rings is 1. The fourth-order valence-corrected chi connectivity index (χ4v) is 3.42. The number of nitrogens with zero attached hydrogens (tertiary/aromatic N) is 1. The maximum atomic E-state index is 11.9. The highest BCUT2D eigenvalue weighted by molar-refractivity contribution is 7.91. The van der Waals surface area contributed by atoms with Crippen LogP contribution in [0.15, 0.2) is 24.3 Å². The number of carbonyl (C=O) groups is 1. The predicted molar refractivity (Wildman–Crippen MR) is 75.5 cm³/mol. The van der Waals surface area contributed by atoms with Crippen LogP contribution in [0, 0.1) is 0 Å². The Balaban J connectivity index is 1.83. The zero-order valence-electron chi connectivity index (χ0n) is 10.5. The van der Waals surface area contributed by atoms with Gasteiger partial charge in [0.05, 0.1) is 11.5 Å². The normalized spacial score (nSPS) is 19.2. The average Bonchev–Trinajstić information content (AvgIpc) is 2.38. The summed E-state index contributed by atoms with van der Waals surface area (Å²) in [4.78, 5) is 14.0. The molecule has 0 bridgehead atoms. The molecule has 0 N–H and O–H groups in total. The molecule has 0 aromatic heterocycles. The Morgan fingerprint density at radius 2 is 1.74 bits per heavy atom. The van der Waals surface area contributed by atoms with E-state index in [0.29, 0.717) is 36.6 Å². The highest BCUT2D eigenvalue weighted by Gasteiger charge is 2.21. The summed E-state index contributed by atoms with van der Waals surface area (Å²) in [7, 11) is -2.85. The van der Waals surface area contributed by atoms with Gasteiger partial charge in [0.15, 0.2) is 15.6 Å². The van der Waals surface area contributed by atoms with E-state index < -0.39 is 9.84 Å². The molecule has 1 saturated heterocycles. The summed E-state index contributed by atoms with van der Waals surface area (Å²) in [6.07, 6.45) is 0.404. The lowest BCUT2D eigenvalue weighted by molar-refractivity contribution is 0.0966. The van der Waals surface area contributed by atoms with Gasteiger partial charge in [-0.1, -0.05) is 11.6 Å². The summed E-state index contributed by atoms with van der Waals surface area (Å²) in [6, 6.07) is 6.82. The van der Waals surface area contributed by atoms with Crippen LogP contribution in [-0.2, 0) is 9.84 Å².